The molecule has 1 heterocycles. The Hall–Kier alpha value is -0.710. The van der Waals surface area contributed by atoms with E-state index in [9.17, 15) is 4.79 Å². The molecule has 0 saturated carbocycles. The van der Waals surface area contributed by atoms with E-state index in [4.69, 9.17) is 16.3 Å². The third-order valence-electron chi connectivity index (χ3n) is 3.31. The van der Waals surface area contributed by atoms with Crippen LogP contribution in [0, 0.1) is 0 Å². The SMILES string of the molecule is CCC(NC1CCSc2ccc(Cl)cc21)C(=O)OC. The summed E-state index contributed by atoms with van der Waals surface area (Å²) in [7, 11) is 1.42. The van der Waals surface area contributed by atoms with Gasteiger partial charge in [-0.05, 0) is 42.4 Å². The summed E-state index contributed by atoms with van der Waals surface area (Å²) >= 11 is 7.91. The first-order valence-electron chi connectivity index (χ1n) is 6.41. The minimum atomic E-state index is -0.259. The topological polar surface area (TPSA) is 38.3 Å². The first kappa shape index (κ1) is 14.7. The van der Waals surface area contributed by atoms with Gasteiger partial charge in [0.25, 0.3) is 0 Å². The molecule has 3 nitrogen and oxygen atoms in total. The standard InChI is InChI=1S/C14H18ClNO2S/c1-3-11(14(17)18-2)16-12-6-7-19-13-5-4-9(15)8-10(12)13/h4-5,8,11-12,16H,3,6-7H2,1-2H3. The highest BCUT2D eigenvalue weighted by molar-refractivity contribution is 7.99. The second-order valence-electron chi connectivity index (χ2n) is 4.52. The van der Waals surface area contributed by atoms with Crippen molar-refractivity contribution < 1.29 is 9.53 Å². The van der Waals surface area contributed by atoms with Crippen molar-refractivity contribution in [2.75, 3.05) is 12.9 Å². The van der Waals surface area contributed by atoms with Crippen LogP contribution < -0.4 is 5.32 Å². The molecule has 0 fully saturated rings. The first-order valence-corrected chi connectivity index (χ1v) is 7.78. The van der Waals surface area contributed by atoms with E-state index in [2.05, 4.69) is 11.4 Å². The zero-order valence-electron chi connectivity index (χ0n) is 11.1. The van der Waals surface area contributed by atoms with Crippen molar-refractivity contribution >= 4 is 29.3 Å². The van der Waals surface area contributed by atoms with Crippen LogP contribution in [-0.2, 0) is 9.53 Å². The maximum absolute atomic E-state index is 11.7. The monoisotopic (exact) mass is 299 g/mol. The average molecular weight is 300 g/mol. The number of thioether (sulfide) groups is 1. The molecular formula is C14H18ClNO2S. The van der Waals surface area contributed by atoms with E-state index in [1.54, 1.807) is 0 Å². The molecule has 1 aromatic carbocycles. The summed E-state index contributed by atoms with van der Waals surface area (Å²) < 4.78 is 4.82. The minimum absolute atomic E-state index is 0.166. The number of hydrogen-bond donors (Lipinski definition) is 1. The number of methoxy groups -OCH3 is 1. The Labute approximate surface area is 123 Å². The lowest BCUT2D eigenvalue weighted by molar-refractivity contribution is -0.143. The van der Waals surface area contributed by atoms with Gasteiger partial charge in [-0.25, -0.2) is 0 Å². The van der Waals surface area contributed by atoms with E-state index in [0.29, 0.717) is 6.42 Å². The van der Waals surface area contributed by atoms with Crippen LogP contribution in [0.1, 0.15) is 31.4 Å². The van der Waals surface area contributed by atoms with Gasteiger partial charge in [0, 0.05) is 16.0 Å². The summed E-state index contributed by atoms with van der Waals surface area (Å²) in [4.78, 5) is 12.9. The van der Waals surface area contributed by atoms with Crippen LogP contribution in [0.2, 0.25) is 5.02 Å². The number of ether oxygens (including phenoxy) is 1. The lowest BCUT2D eigenvalue weighted by Crippen LogP contribution is -2.40. The number of halogens is 1. The van der Waals surface area contributed by atoms with E-state index in [1.807, 2.05) is 30.8 Å². The van der Waals surface area contributed by atoms with Gasteiger partial charge in [0.15, 0.2) is 0 Å². The number of hydrogen-bond acceptors (Lipinski definition) is 4. The van der Waals surface area contributed by atoms with Gasteiger partial charge in [-0.15, -0.1) is 11.8 Å². The van der Waals surface area contributed by atoms with Gasteiger partial charge in [0.1, 0.15) is 6.04 Å². The van der Waals surface area contributed by atoms with Gasteiger partial charge in [-0.1, -0.05) is 18.5 Å². The van der Waals surface area contributed by atoms with Gasteiger partial charge < -0.3 is 4.74 Å². The van der Waals surface area contributed by atoms with Crippen LogP contribution in [0.3, 0.4) is 0 Å². The van der Waals surface area contributed by atoms with Crippen LogP contribution in [0.4, 0.5) is 0 Å². The van der Waals surface area contributed by atoms with Crippen molar-refractivity contribution in [2.24, 2.45) is 0 Å². The summed E-state index contributed by atoms with van der Waals surface area (Å²) in [6, 6.07) is 5.86. The minimum Gasteiger partial charge on any atom is -0.468 e. The number of esters is 1. The number of rotatable bonds is 4. The lowest BCUT2D eigenvalue weighted by Gasteiger charge is -2.29. The van der Waals surface area contributed by atoms with Crippen LogP contribution in [0.15, 0.2) is 23.1 Å². The third kappa shape index (κ3) is 3.44. The molecule has 1 aromatic rings. The fourth-order valence-corrected chi connectivity index (χ4v) is 3.56. The van der Waals surface area contributed by atoms with E-state index in [1.165, 1.54) is 17.6 Å². The molecule has 2 atom stereocenters. The molecule has 0 aromatic heterocycles. The Morgan fingerprint density at radius 1 is 1.63 bits per heavy atom. The van der Waals surface area contributed by atoms with Crippen LogP contribution >= 0.6 is 23.4 Å². The molecule has 0 saturated heterocycles. The van der Waals surface area contributed by atoms with E-state index in [-0.39, 0.29) is 18.1 Å². The maximum atomic E-state index is 11.7. The number of fused-ring (bicyclic) bond motifs is 1. The van der Waals surface area contributed by atoms with Gasteiger partial charge in [0.05, 0.1) is 7.11 Å². The molecule has 19 heavy (non-hydrogen) atoms. The van der Waals surface area contributed by atoms with E-state index in [0.717, 1.165) is 17.2 Å². The Morgan fingerprint density at radius 3 is 3.11 bits per heavy atom. The molecule has 1 aliphatic rings. The van der Waals surface area contributed by atoms with Crippen molar-refractivity contribution in [3.05, 3.63) is 28.8 Å². The van der Waals surface area contributed by atoms with E-state index < -0.39 is 0 Å². The molecule has 5 heteroatoms. The number of benzene rings is 1. The van der Waals surface area contributed by atoms with Crippen LogP contribution in [0.25, 0.3) is 0 Å². The molecule has 0 bridgehead atoms. The highest BCUT2D eigenvalue weighted by Gasteiger charge is 2.26. The maximum Gasteiger partial charge on any atom is 0.322 e. The molecule has 1 aliphatic heterocycles. The van der Waals surface area contributed by atoms with Crippen LogP contribution in [0.5, 0.6) is 0 Å². The molecule has 1 N–H and O–H groups in total. The summed E-state index contributed by atoms with van der Waals surface area (Å²) in [6.45, 7) is 1.98. The zero-order chi connectivity index (χ0) is 13.8. The van der Waals surface area contributed by atoms with Gasteiger partial charge in [-0.3, -0.25) is 10.1 Å². The van der Waals surface area contributed by atoms with Crippen molar-refractivity contribution in [2.45, 2.75) is 36.7 Å². The Bertz CT molecular complexity index is 467. The normalized spacial score (nSPS) is 19.6. The fraction of sp³-hybridized carbons (Fsp3) is 0.500. The number of carbonyl (C=O) groups excluding carboxylic acids is 1. The summed E-state index contributed by atoms with van der Waals surface area (Å²) in [5.74, 6) is 0.841. The summed E-state index contributed by atoms with van der Waals surface area (Å²) in [5.41, 5.74) is 1.19. The van der Waals surface area contributed by atoms with Crippen LogP contribution in [-0.4, -0.2) is 24.9 Å². The Balaban J connectivity index is 2.18. The first-order chi connectivity index (χ1) is 9.15. The number of carbonyl (C=O) groups is 1. The lowest BCUT2D eigenvalue weighted by atomic mass is 10.0. The smallest absolute Gasteiger partial charge is 0.322 e. The zero-order valence-corrected chi connectivity index (χ0v) is 12.7. The molecule has 0 aliphatic carbocycles. The predicted molar refractivity (Wildman–Crippen MR) is 78.8 cm³/mol. The summed E-state index contributed by atoms with van der Waals surface area (Å²) in [6.07, 6.45) is 1.71. The van der Waals surface area contributed by atoms with Crippen molar-refractivity contribution in [1.82, 2.24) is 5.32 Å². The predicted octanol–water partition coefficient (Wildman–Crippen LogP) is 3.42. The summed E-state index contributed by atoms with van der Waals surface area (Å²) in [5, 5.41) is 4.13. The average Bonchev–Trinajstić information content (AvgIpc) is 2.44. The Morgan fingerprint density at radius 2 is 2.42 bits per heavy atom. The third-order valence-corrected chi connectivity index (χ3v) is 4.67. The molecular weight excluding hydrogens is 282 g/mol. The number of nitrogens with one attached hydrogen (secondary N) is 1. The molecule has 0 amide bonds. The van der Waals surface area contributed by atoms with Gasteiger partial charge in [0.2, 0.25) is 0 Å². The Kier molecular flexibility index (Phi) is 5.13. The molecule has 2 rings (SSSR count). The van der Waals surface area contributed by atoms with Crippen molar-refractivity contribution in [3.63, 3.8) is 0 Å². The molecule has 2 unspecified atom stereocenters. The second-order valence-corrected chi connectivity index (χ2v) is 6.10. The highest BCUT2D eigenvalue weighted by atomic mass is 35.5. The molecule has 0 spiro atoms. The van der Waals surface area contributed by atoms with Gasteiger partial charge in [-0.2, -0.15) is 0 Å². The fourth-order valence-electron chi connectivity index (χ4n) is 2.28. The second kappa shape index (κ2) is 6.64. The largest absolute Gasteiger partial charge is 0.468 e. The quantitative estimate of drug-likeness (QED) is 0.865. The van der Waals surface area contributed by atoms with Crippen molar-refractivity contribution in [3.8, 4) is 0 Å². The van der Waals surface area contributed by atoms with Crippen molar-refractivity contribution in [1.29, 1.82) is 0 Å². The van der Waals surface area contributed by atoms with E-state index >= 15 is 0 Å². The molecule has 0 radical (unpaired) electrons. The highest BCUT2D eigenvalue weighted by Crippen LogP contribution is 2.37. The van der Waals surface area contributed by atoms with Gasteiger partial charge >= 0.3 is 5.97 Å². The molecule has 104 valence electrons.